The molecule has 3 atom stereocenters. The predicted molar refractivity (Wildman–Crippen MR) is 51.3 cm³/mol. The van der Waals surface area contributed by atoms with E-state index in [-0.39, 0.29) is 0 Å². The van der Waals surface area contributed by atoms with Crippen molar-refractivity contribution >= 4 is 19.3 Å². The van der Waals surface area contributed by atoms with Crippen molar-refractivity contribution in [3.8, 4) is 0 Å². The number of hydrogen-bond donors (Lipinski definition) is 4. The normalized spacial score (nSPS) is 17.9. The van der Waals surface area contributed by atoms with Gasteiger partial charge in [0.15, 0.2) is 5.78 Å². The third-order valence-corrected chi connectivity index (χ3v) is 3.45. The Balaban J connectivity index is 4.73. The van der Waals surface area contributed by atoms with Crippen molar-refractivity contribution < 1.29 is 29.0 Å². The average Bonchev–Trinajstić information content (AvgIpc) is 2.11. The maximum atomic E-state index is 11.4. The Labute approximate surface area is 86.4 Å². The van der Waals surface area contributed by atoms with E-state index in [9.17, 15) is 14.2 Å². The second kappa shape index (κ2) is 4.85. The number of carboxylic acid groups (broad SMARTS) is 1. The van der Waals surface area contributed by atoms with E-state index in [0.717, 1.165) is 6.92 Å². The van der Waals surface area contributed by atoms with Gasteiger partial charge < -0.3 is 20.6 Å². The molecule has 0 saturated heterocycles. The van der Waals surface area contributed by atoms with Crippen molar-refractivity contribution in [2.45, 2.75) is 25.5 Å². The van der Waals surface area contributed by atoms with Crippen LogP contribution < -0.4 is 5.73 Å². The number of Topliss-reactive ketones (excluding diaryl/α,β-unsaturated/α-hetero) is 1. The maximum absolute atomic E-state index is 11.4. The molecule has 0 spiro atoms. The second-order valence-electron chi connectivity index (χ2n) is 3.32. The minimum absolute atomic E-state index is 0.849. The highest BCUT2D eigenvalue weighted by Gasteiger charge is 2.37. The van der Waals surface area contributed by atoms with Crippen LogP contribution in [-0.2, 0) is 14.2 Å². The fourth-order valence-electron chi connectivity index (χ4n) is 0.937. The summed E-state index contributed by atoms with van der Waals surface area (Å²) in [6.45, 7) is 2.28. The van der Waals surface area contributed by atoms with Crippen LogP contribution >= 0.6 is 7.60 Å². The molecule has 3 unspecified atom stereocenters. The van der Waals surface area contributed by atoms with E-state index in [2.05, 4.69) is 0 Å². The molecule has 0 aliphatic heterocycles. The van der Waals surface area contributed by atoms with Gasteiger partial charge in [0, 0.05) is 5.92 Å². The van der Waals surface area contributed by atoms with Gasteiger partial charge in [-0.25, -0.2) is 0 Å². The predicted octanol–water partition coefficient (Wildman–Crippen LogP) is -0.830. The Kier molecular flexibility index (Phi) is 4.61. The Morgan fingerprint density at radius 3 is 1.93 bits per heavy atom. The minimum atomic E-state index is -4.53. The number of nitrogens with two attached hydrogens (primary N) is 1. The molecule has 7 nitrogen and oxygen atoms in total. The highest BCUT2D eigenvalue weighted by molar-refractivity contribution is 7.53. The quantitative estimate of drug-likeness (QED) is 0.459. The molecule has 0 rings (SSSR count). The third-order valence-electron chi connectivity index (χ3n) is 2.19. The standard InChI is InChI=1S/C7H14NO6P/c1-3(5(8)7(10)11)6(9)4(2)15(12,13)14/h3-5H,8H2,1-2H3,(H,10,11)(H2,12,13,14). The topological polar surface area (TPSA) is 138 Å². The van der Waals surface area contributed by atoms with Gasteiger partial charge in [-0.3, -0.25) is 14.2 Å². The molecule has 0 aromatic rings. The van der Waals surface area contributed by atoms with Crippen LogP contribution in [0.4, 0.5) is 0 Å². The Hall–Kier alpha value is -0.750. The first-order valence-electron chi connectivity index (χ1n) is 4.16. The summed E-state index contributed by atoms with van der Waals surface area (Å²) in [6, 6.07) is -1.45. The number of carbonyl (C=O) groups is 2. The Morgan fingerprint density at radius 1 is 1.27 bits per heavy atom. The molecule has 0 fully saturated rings. The lowest BCUT2D eigenvalue weighted by Crippen LogP contribution is -2.43. The van der Waals surface area contributed by atoms with Crippen LogP contribution in [0.5, 0.6) is 0 Å². The van der Waals surface area contributed by atoms with Crippen molar-refractivity contribution in [1.29, 1.82) is 0 Å². The summed E-state index contributed by atoms with van der Waals surface area (Å²) in [6.07, 6.45) is 0. The zero-order chi connectivity index (χ0) is 12.4. The first-order valence-corrected chi connectivity index (χ1v) is 5.84. The Morgan fingerprint density at radius 2 is 1.67 bits per heavy atom. The molecule has 0 bridgehead atoms. The van der Waals surface area contributed by atoms with Gasteiger partial charge in [0.25, 0.3) is 0 Å². The lowest BCUT2D eigenvalue weighted by Gasteiger charge is -2.19. The van der Waals surface area contributed by atoms with Crippen molar-refractivity contribution in [3.63, 3.8) is 0 Å². The molecule has 8 heteroatoms. The SMILES string of the molecule is CC(C(=O)C(C)P(=O)(O)O)C(N)C(=O)O. The molecule has 0 aliphatic carbocycles. The lowest BCUT2D eigenvalue weighted by molar-refractivity contribution is -0.142. The summed E-state index contributed by atoms with van der Waals surface area (Å²) < 4.78 is 10.8. The lowest BCUT2D eigenvalue weighted by atomic mass is 9.96. The third kappa shape index (κ3) is 3.71. The molecular weight excluding hydrogens is 225 g/mol. The average molecular weight is 239 g/mol. The van der Waals surface area contributed by atoms with Gasteiger partial charge in [0.2, 0.25) is 0 Å². The zero-order valence-corrected chi connectivity index (χ0v) is 9.22. The molecule has 0 amide bonds. The van der Waals surface area contributed by atoms with Crippen LogP contribution in [0.1, 0.15) is 13.8 Å². The molecule has 88 valence electrons. The van der Waals surface area contributed by atoms with Crippen LogP contribution in [-0.4, -0.2) is 38.3 Å². The first-order chi connectivity index (χ1) is 6.59. The summed E-state index contributed by atoms with van der Waals surface area (Å²) in [5, 5.41) is 8.51. The van der Waals surface area contributed by atoms with Crippen molar-refractivity contribution in [2.75, 3.05) is 0 Å². The monoisotopic (exact) mass is 239 g/mol. The first kappa shape index (κ1) is 14.2. The van der Waals surface area contributed by atoms with E-state index in [1.807, 2.05) is 0 Å². The van der Waals surface area contributed by atoms with E-state index in [4.69, 9.17) is 20.6 Å². The molecule has 0 aromatic carbocycles. The van der Waals surface area contributed by atoms with Gasteiger partial charge in [-0.15, -0.1) is 0 Å². The summed E-state index contributed by atoms with van der Waals surface area (Å²) in [5.74, 6) is -3.36. The molecule has 0 heterocycles. The fraction of sp³-hybridized carbons (Fsp3) is 0.714. The number of carbonyl (C=O) groups excluding carboxylic acids is 1. The van der Waals surface area contributed by atoms with Gasteiger partial charge >= 0.3 is 13.6 Å². The van der Waals surface area contributed by atoms with Crippen LogP contribution in [0.15, 0.2) is 0 Å². The van der Waals surface area contributed by atoms with Crippen LogP contribution in [0.2, 0.25) is 0 Å². The van der Waals surface area contributed by atoms with Crippen molar-refractivity contribution in [2.24, 2.45) is 11.7 Å². The molecule has 0 radical (unpaired) electrons. The fourth-order valence-corrected chi connectivity index (χ4v) is 1.50. The summed E-state index contributed by atoms with van der Waals surface area (Å²) in [5.41, 5.74) is 3.64. The van der Waals surface area contributed by atoms with E-state index in [1.54, 1.807) is 0 Å². The van der Waals surface area contributed by atoms with Crippen molar-refractivity contribution in [3.05, 3.63) is 0 Å². The number of aliphatic carboxylic acids is 1. The van der Waals surface area contributed by atoms with Crippen molar-refractivity contribution in [1.82, 2.24) is 0 Å². The molecular formula is C7H14NO6P. The summed E-state index contributed by atoms with van der Waals surface area (Å²) >= 11 is 0. The highest BCUT2D eigenvalue weighted by Crippen LogP contribution is 2.42. The number of hydrogen-bond acceptors (Lipinski definition) is 4. The van der Waals surface area contributed by atoms with Gasteiger partial charge in [-0.2, -0.15) is 0 Å². The molecule has 0 aromatic heterocycles. The summed E-state index contributed by atoms with van der Waals surface area (Å²) in [4.78, 5) is 39.3. The second-order valence-corrected chi connectivity index (χ2v) is 5.27. The van der Waals surface area contributed by atoms with Crippen LogP contribution in [0.25, 0.3) is 0 Å². The van der Waals surface area contributed by atoms with E-state index >= 15 is 0 Å². The number of ketones is 1. The highest BCUT2D eigenvalue weighted by atomic mass is 31.2. The number of rotatable bonds is 5. The minimum Gasteiger partial charge on any atom is -0.480 e. The molecule has 5 N–H and O–H groups in total. The number of carboxylic acids is 1. The smallest absolute Gasteiger partial charge is 0.335 e. The van der Waals surface area contributed by atoms with Crippen LogP contribution in [0.3, 0.4) is 0 Å². The van der Waals surface area contributed by atoms with Gasteiger partial charge in [-0.1, -0.05) is 6.92 Å². The maximum Gasteiger partial charge on any atom is 0.335 e. The molecule has 0 saturated carbocycles. The summed E-state index contributed by atoms with van der Waals surface area (Å²) in [7, 11) is -4.53. The van der Waals surface area contributed by atoms with E-state index in [1.165, 1.54) is 6.92 Å². The zero-order valence-electron chi connectivity index (χ0n) is 8.32. The van der Waals surface area contributed by atoms with E-state index < -0.39 is 37.0 Å². The van der Waals surface area contributed by atoms with Crippen LogP contribution in [0, 0.1) is 5.92 Å². The van der Waals surface area contributed by atoms with Gasteiger partial charge in [0.05, 0.1) is 0 Å². The largest absolute Gasteiger partial charge is 0.480 e. The molecule has 15 heavy (non-hydrogen) atoms. The van der Waals surface area contributed by atoms with E-state index in [0.29, 0.717) is 0 Å². The van der Waals surface area contributed by atoms with Gasteiger partial charge in [0.1, 0.15) is 11.7 Å². The Bertz CT molecular complexity index is 311. The van der Waals surface area contributed by atoms with Gasteiger partial charge in [-0.05, 0) is 6.92 Å². The molecule has 0 aliphatic rings.